The van der Waals surface area contributed by atoms with E-state index in [1.165, 1.54) is 10.3 Å². The summed E-state index contributed by atoms with van der Waals surface area (Å²) in [7, 11) is 1.89. The van der Waals surface area contributed by atoms with Gasteiger partial charge in [0, 0.05) is 7.05 Å². The van der Waals surface area contributed by atoms with E-state index in [-0.39, 0.29) is 0 Å². The summed E-state index contributed by atoms with van der Waals surface area (Å²) >= 11 is 1.68. The van der Waals surface area contributed by atoms with Crippen LogP contribution in [0.2, 0.25) is 0 Å². The molecule has 0 amide bonds. The topological polar surface area (TPSA) is 24.9 Å². The Morgan fingerprint density at radius 2 is 2.25 bits per heavy atom. The number of hydrogen-bond acceptors (Lipinski definition) is 3. The molecule has 0 atom stereocenters. The maximum absolute atomic E-state index is 4.40. The lowest BCUT2D eigenvalue weighted by molar-refractivity contribution is 1.40. The van der Waals surface area contributed by atoms with Gasteiger partial charge in [-0.2, -0.15) is 0 Å². The fourth-order valence-corrected chi connectivity index (χ4v) is 1.94. The van der Waals surface area contributed by atoms with Crippen molar-refractivity contribution in [3.8, 4) is 0 Å². The Labute approximate surface area is 75.3 Å². The SMILES string of the molecule is CNc1nc2cc(C)ccc2s1. The minimum atomic E-state index is 0.982. The summed E-state index contributed by atoms with van der Waals surface area (Å²) in [6.45, 7) is 2.08. The molecular weight excluding hydrogens is 168 g/mol. The second-order valence-electron chi connectivity index (χ2n) is 2.74. The van der Waals surface area contributed by atoms with Gasteiger partial charge in [-0.3, -0.25) is 0 Å². The van der Waals surface area contributed by atoms with E-state index in [0.717, 1.165) is 10.6 Å². The molecule has 62 valence electrons. The third-order valence-electron chi connectivity index (χ3n) is 1.76. The molecule has 1 aromatic heterocycles. The highest BCUT2D eigenvalue weighted by atomic mass is 32.1. The van der Waals surface area contributed by atoms with E-state index >= 15 is 0 Å². The van der Waals surface area contributed by atoms with Crippen molar-refractivity contribution in [2.45, 2.75) is 6.92 Å². The van der Waals surface area contributed by atoms with Gasteiger partial charge in [-0.1, -0.05) is 17.4 Å². The van der Waals surface area contributed by atoms with Crippen LogP contribution in [0, 0.1) is 6.92 Å². The Hall–Kier alpha value is -1.09. The van der Waals surface area contributed by atoms with Crippen LogP contribution in [0.3, 0.4) is 0 Å². The highest BCUT2D eigenvalue weighted by Crippen LogP contribution is 2.25. The van der Waals surface area contributed by atoms with Crippen molar-refractivity contribution in [2.75, 3.05) is 12.4 Å². The lowest BCUT2D eigenvalue weighted by Gasteiger charge is -1.88. The van der Waals surface area contributed by atoms with Crippen molar-refractivity contribution in [3.63, 3.8) is 0 Å². The molecule has 0 aliphatic carbocycles. The van der Waals surface area contributed by atoms with Gasteiger partial charge in [0.2, 0.25) is 0 Å². The molecule has 0 spiro atoms. The molecule has 0 radical (unpaired) electrons. The average Bonchev–Trinajstić information content (AvgIpc) is 2.46. The zero-order valence-electron chi connectivity index (χ0n) is 7.09. The number of benzene rings is 1. The van der Waals surface area contributed by atoms with Gasteiger partial charge in [-0.15, -0.1) is 0 Å². The first-order chi connectivity index (χ1) is 5.79. The van der Waals surface area contributed by atoms with Crippen molar-refractivity contribution >= 4 is 26.7 Å². The summed E-state index contributed by atoms with van der Waals surface area (Å²) in [5, 5.41) is 4.03. The van der Waals surface area contributed by atoms with Crippen LogP contribution in [0.25, 0.3) is 10.2 Å². The van der Waals surface area contributed by atoms with Gasteiger partial charge in [0.1, 0.15) is 0 Å². The van der Waals surface area contributed by atoms with Crippen LogP contribution < -0.4 is 5.32 Å². The lowest BCUT2D eigenvalue weighted by atomic mass is 10.2. The zero-order chi connectivity index (χ0) is 8.55. The highest BCUT2D eigenvalue weighted by molar-refractivity contribution is 7.22. The smallest absolute Gasteiger partial charge is 0.183 e. The molecule has 0 unspecified atom stereocenters. The molecule has 12 heavy (non-hydrogen) atoms. The number of nitrogens with one attached hydrogen (secondary N) is 1. The highest BCUT2D eigenvalue weighted by Gasteiger charge is 2.00. The third kappa shape index (κ3) is 1.16. The van der Waals surface area contributed by atoms with Gasteiger partial charge in [0.05, 0.1) is 10.2 Å². The van der Waals surface area contributed by atoms with E-state index in [4.69, 9.17) is 0 Å². The van der Waals surface area contributed by atoms with Crippen LogP contribution in [0.15, 0.2) is 18.2 Å². The Bertz CT molecular complexity index is 406. The molecule has 0 aliphatic rings. The van der Waals surface area contributed by atoms with Crippen LogP contribution in [0.1, 0.15) is 5.56 Å². The van der Waals surface area contributed by atoms with Crippen LogP contribution in [0.5, 0.6) is 0 Å². The zero-order valence-corrected chi connectivity index (χ0v) is 7.90. The molecule has 2 nitrogen and oxygen atoms in total. The Kier molecular flexibility index (Phi) is 1.73. The third-order valence-corrected chi connectivity index (χ3v) is 2.81. The molecule has 3 heteroatoms. The van der Waals surface area contributed by atoms with E-state index in [9.17, 15) is 0 Å². The van der Waals surface area contributed by atoms with Gasteiger partial charge in [-0.05, 0) is 24.6 Å². The van der Waals surface area contributed by atoms with Crippen LogP contribution in [-0.2, 0) is 0 Å². The Morgan fingerprint density at radius 3 is 3.00 bits per heavy atom. The van der Waals surface area contributed by atoms with Gasteiger partial charge in [0.15, 0.2) is 5.13 Å². The van der Waals surface area contributed by atoms with E-state index in [0.29, 0.717) is 0 Å². The van der Waals surface area contributed by atoms with Crippen molar-refractivity contribution < 1.29 is 0 Å². The molecular formula is C9H10N2S. The maximum Gasteiger partial charge on any atom is 0.183 e. The molecule has 1 aromatic carbocycles. The van der Waals surface area contributed by atoms with E-state index in [1.54, 1.807) is 11.3 Å². The van der Waals surface area contributed by atoms with Crippen molar-refractivity contribution in [1.82, 2.24) is 4.98 Å². The quantitative estimate of drug-likeness (QED) is 0.726. The summed E-state index contributed by atoms with van der Waals surface area (Å²) < 4.78 is 1.24. The van der Waals surface area contributed by atoms with Crippen LogP contribution >= 0.6 is 11.3 Å². The summed E-state index contributed by atoms with van der Waals surface area (Å²) in [6.07, 6.45) is 0. The Balaban J connectivity index is 2.67. The number of nitrogens with zero attached hydrogens (tertiary/aromatic N) is 1. The molecule has 0 bridgehead atoms. The first-order valence-electron chi connectivity index (χ1n) is 3.84. The molecule has 0 aliphatic heterocycles. The molecule has 0 saturated carbocycles. The van der Waals surface area contributed by atoms with Gasteiger partial charge in [-0.25, -0.2) is 4.98 Å². The number of thiazole rings is 1. The van der Waals surface area contributed by atoms with E-state index in [2.05, 4.69) is 35.4 Å². The summed E-state index contributed by atoms with van der Waals surface area (Å²) in [5.41, 5.74) is 2.35. The normalized spacial score (nSPS) is 10.5. The number of aryl methyl sites for hydroxylation is 1. The summed E-state index contributed by atoms with van der Waals surface area (Å²) in [5.74, 6) is 0. The minimum absolute atomic E-state index is 0.982. The van der Waals surface area contributed by atoms with Crippen molar-refractivity contribution in [3.05, 3.63) is 23.8 Å². The molecule has 0 fully saturated rings. The van der Waals surface area contributed by atoms with Crippen LogP contribution in [0.4, 0.5) is 5.13 Å². The number of rotatable bonds is 1. The Morgan fingerprint density at radius 1 is 1.42 bits per heavy atom. The molecule has 2 aromatic rings. The first kappa shape index (κ1) is 7.55. The number of hydrogen-bond donors (Lipinski definition) is 1. The lowest BCUT2D eigenvalue weighted by Crippen LogP contribution is -1.84. The minimum Gasteiger partial charge on any atom is -0.365 e. The molecule has 1 heterocycles. The summed E-state index contributed by atoms with van der Waals surface area (Å²) in [6, 6.07) is 6.33. The summed E-state index contributed by atoms with van der Waals surface area (Å²) in [4.78, 5) is 4.40. The molecule has 2 rings (SSSR count). The molecule has 1 N–H and O–H groups in total. The number of aromatic nitrogens is 1. The standard InChI is InChI=1S/C9H10N2S/c1-6-3-4-8-7(5-6)11-9(10-2)12-8/h3-5H,1-2H3,(H,10,11). The van der Waals surface area contributed by atoms with Gasteiger partial charge in [0.25, 0.3) is 0 Å². The fourth-order valence-electron chi connectivity index (χ4n) is 1.14. The second kappa shape index (κ2) is 2.75. The molecule has 0 saturated heterocycles. The average molecular weight is 178 g/mol. The van der Waals surface area contributed by atoms with Crippen molar-refractivity contribution in [1.29, 1.82) is 0 Å². The fraction of sp³-hybridized carbons (Fsp3) is 0.222. The first-order valence-corrected chi connectivity index (χ1v) is 4.66. The second-order valence-corrected chi connectivity index (χ2v) is 3.77. The number of anilines is 1. The monoisotopic (exact) mass is 178 g/mol. The van der Waals surface area contributed by atoms with Gasteiger partial charge >= 0.3 is 0 Å². The predicted octanol–water partition coefficient (Wildman–Crippen LogP) is 2.65. The maximum atomic E-state index is 4.40. The largest absolute Gasteiger partial charge is 0.365 e. The van der Waals surface area contributed by atoms with Gasteiger partial charge < -0.3 is 5.32 Å². The van der Waals surface area contributed by atoms with E-state index in [1.807, 2.05) is 7.05 Å². The predicted molar refractivity (Wildman–Crippen MR) is 53.9 cm³/mol. The van der Waals surface area contributed by atoms with E-state index < -0.39 is 0 Å². The van der Waals surface area contributed by atoms with Crippen molar-refractivity contribution in [2.24, 2.45) is 0 Å². The van der Waals surface area contributed by atoms with Crippen LogP contribution in [-0.4, -0.2) is 12.0 Å². The number of fused-ring (bicyclic) bond motifs is 1.